The molecule has 0 aliphatic heterocycles. The first-order valence-electron chi connectivity index (χ1n) is 13.4. The van der Waals surface area contributed by atoms with Gasteiger partial charge in [-0.25, -0.2) is 14.5 Å². The predicted octanol–water partition coefficient (Wildman–Crippen LogP) is 6.72. The van der Waals surface area contributed by atoms with Crippen molar-refractivity contribution in [3.63, 3.8) is 0 Å². The molecule has 0 unspecified atom stereocenters. The van der Waals surface area contributed by atoms with Gasteiger partial charge in [-0.3, -0.25) is 5.32 Å². The molecule has 0 radical (unpaired) electrons. The molecule has 4 rings (SSSR count). The standard InChI is InChI=1S/C30H31F3N6O2S/c1-3-5-22-10-7-20(2)18-26(22)36-29(42)37-28(40)34-17-4-6-21-8-11-23(12-9-21)27-35-19-39(38-27)24-13-15-25(16-14-24)41-30(31,32)33/h7-16,18-19H,3-6,17H2,1-2H3,(H3,34,36,37,40,42). The van der Waals surface area contributed by atoms with E-state index in [2.05, 4.69) is 49.8 Å². The molecule has 0 atom stereocenters. The average molecular weight is 597 g/mol. The van der Waals surface area contributed by atoms with Crippen LogP contribution in [0.15, 0.2) is 73.1 Å². The summed E-state index contributed by atoms with van der Waals surface area (Å²) in [6.45, 7) is 4.59. The topological polar surface area (TPSA) is 93.1 Å². The number of hydrogen-bond acceptors (Lipinski definition) is 5. The van der Waals surface area contributed by atoms with E-state index in [-0.39, 0.29) is 16.9 Å². The lowest BCUT2D eigenvalue weighted by molar-refractivity contribution is -0.274. The number of carbonyl (C=O) groups is 1. The molecule has 0 saturated carbocycles. The van der Waals surface area contributed by atoms with Crippen LogP contribution in [-0.2, 0) is 12.8 Å². The van der Waals surface area contributed by atoms with Crippen molar-refractivity contribution in [3.8, 4) is 22.8 Å². The highest BCUT2D eigenvalue weighted by molar-refractivity contribution is 7.80. The number of aryl methyl sites for hydroxylation is 3. The van der Waals surface area contributed by atoms with E-state index in [1.165, 1.54) is 35.3 Å². The number of alkyl halides is 3. The molecule has 3 aromatic carbocycles. The molecular weight excluding hydrogens is 565 g/mol. The van der Waals surface area contributed by atoms with E-state index < -0.39 is 6.36 Å². The second-order valence-electron chi connectivity index (χ2n) is 9.60. The van der Waals surface area contributed by atoms with Crippen LogP contribution in [-0.4, -0.2) is 38.8 Å². The number of carbonyl (C=O) groups excluding carboxylic acids is 1. The molecule has 4 aromatic rings. The third kappa shape index (κ3) is 9.03. The van der Waals surface area contributed by atoms with Gasteiger partial charge in [0.1, 0.15) is 12.1 Å². The first-order chi connectivity index (χ1) is 20.1. The Kier molecular flexibility index (Phi) is 10.1. The average Bonchev–Trinajstić information content (AvgIpc) is 3.43. The van der Waals surface area contributed by atoms with E-state index in [0.29, 0.717) is 18.1 Å². The Bertz CT molecular complexity index is 1500. The zero-order chi connectivity index (χ0) is 30.1. The molecule has 8 nitrogen and oxygen atoms in total. The van der Waals surface area contributed by atoms with Crippen molar-refractivity contribution in [1.82, 2.24) is 25.4 Å². The number of halogens is 3. The highest BCUT2D eigenvalue weighted by Gasteiger charge is 2.31. The zero-order valence-corrected chi connectivity index (χ0v) is 24.0. The molecule has 0 saturated heterocycles. The number of urea groups is 1. The fourth-order valence-corrected chi connectivity index (χ4v) is 4.43. The van der Waals surface area contributed by atoms with Crippen LogP contribution in [0.1, 0.15) is 36.5 Å². The normalized spacial score (nSPS) is 11.2. The van der Waals surface area contributed by atoms with Crippen LogP contribution >= 0.6 is 12.2 Å². The van der Waals surface area contributed by atoms with Crippen LogP contribution in [0.3, 0.4) is 0 Å². The Morgan fingerprint density at radius 2 is 1.76 bits per heavy atom. The monoisotopic (exact) mass is 596 g/mol. The van der Waals surface area contributed by atoms with Gasteiger partial charge < -0.3 is 15.4 Å². The van der Waals surface area contributed by atoms with E-state index in [4.69, 9.17) is 12.2 Å². The Hall–Kier alpha value is -4.45. The minimum atomic E-state index is -4.74. The van der Waals surface area contributed by atoms with E-state index in [1.54, 1.807) is 0 Å². The summed E-state index contributed by atoms with van der Waals surface area (Å²) in [5, 5.41) is 13.3. The molecule has 1 heterocycles. The summed E-state index contributed by atoms with van der Waals surface area (Å²) >= 11 is 5.32. The van der Waals surface area contributed by atoms with Gasteiger partial charge in [-0.1, -0.05) is 49.7 Å². The second kappa shape index (κ2) is 13.9. The number of amides is 2. The van der Waals surface area contributed by atoms with Crippen LogP contribution < -0.4 is 20.7 Å². The summed E-state index contributed by atoms with van der Waals surface area (Å²) in [4.78, 5) is 16.6. The highest BCUT2D eigenvalue weighted by Crippen LogP contribution is 2.24. The van der Waals surface area contributed by atoms with Crippen molar-refractivity contribution in [2.24, 2.45) is 0 Å². The van der Waals surface area contributed by atoms with E-state index in [1.807, 2.05) is 37.3 Å². The maximum Gasteiger partial charge on any atom is 0.573 e. The van der Waals surface area contributed by atoms with Gasteiger partial charge in [0.05, 0.1) is 5.69 Å². The summed E-state index contributed by atoms with van der Waals surface area (Å²) in [6, 6.07) is 18.9. The van der Waals surface area contributed by atoms with Gasteiger partial charge in [0, 0.05) is 17.8 Å². The van der Waals surface area contributed by atoms with Gasteiger partial charge in [0.15, 0.2) is 10.9 Å². The number of rotatable bonds is 10. The molecule has 3 N–H and O–H groups in total. The Labute approximate surface area is 247 Å². The fourth-order valence-electron chi connectivity index (χ4n) is 4.23. The number of ether oxygens (including phenoxy) is 1. The lowest BCUT2D eigenvalue weighted by Gasteiger charge is -2.14. The van der Waals surface area contributed by atoms with Crippen LogP contribution in [0.25, 0.3) is 17.1 Å². The molecule has 12 heteroatoms. The summed E-state index contributed by atoms with van der Waals surface area (Å²) in [6.07, 6.45) is 0.151. The van der Waals surface area contributed by atoms with Crippen molar-refractivity contribution in [1.29, 1.82) is 0 Å². The lowest BCUT2D eigenvalue weighted by atomic mass is 10.1. The van der Waals surface area contributed by atoms with E-state index >= 15 is 0 Å². The first-order valence-corrected chi connectivity index (χ1v) is 13.8. The van der Waals surface area contributed by atoms with Crippen LogP contribution in [0.2, 0.25) is 0 Å². The van der Waals surface area contributed by atoms with Crippen molar-refractivity contribution in [2.45, 2.75) is 45.9 Å². The van der Waals surface area contributed by atoms with Crippen molar-refractivity contribution in [3.05, 3.63) is 89.7 Å². The van der Waals surface area contributed by atoms with E-state index in [0.717, 1.165) is 53.6 Å². The Morgan fingerprint density at radius 1 is 1.02 bits per heavy atom. The molecule has 2 amide bonds. The molecule has 0 aliphatic rings. The van der Waals surface area contributed by atoms with Gasteiger partial charge >= 0.3 is 12.4 Å². The molecule has 0 aliphatic carbocycles. The fraction of sp³-hybridized carbons (Fsp3) is 0.267. The van der Waals surface area contributed by atoms with Gasteiger partial charge in [0.2, 0.25) is 0 Å². The Balaban J connectivity index is 1.21. The van der Waals surface area contributed by atoms with Gasteiger partial charge in [-0.2, -0.15) is 0 Å². The zero-order valence-electron chi connectivity index (χ0n) is 23.2. The number of benzene rings is 3. The second-order valence-corrected chi connectivity index (χ2v) is 10.0. The Morgan fingerprint density at radius 3 is 2.45 bits per heavy atom. The highest BCUT2D eigenvalue weighted by atomic mass is 32.1. The largest absolute Gasteiger partial charge is 0.573 e. The number of hydrogen-bond donors (Lipinski definition) is 3. The quantitative estimate of drug-likeness (QED) is 0.139. The first kappa shape index (κ1) is 30.5. The summed E-state index contributed by atoms with van der Waals surface area (Å²) in [5.41, 5.74) is 5.58. The molecule has 1 aromatic heterocycles. The van der Waals surface area contributed by atoms with Crippen molar-refractivity contribution < 1.29 is 22.7 Å². The molecule has 220 valence electrons. The van der Waals surface area contributed by atoms with Gasteiger partial charge in [-0.05, 0) is 85.4 Å². The van der Waals surface area contributed by atoms with Crippen LogP contribution in [0.5, 0.6) is 5.75 Å². The SMILES string of the molecule is CCCc1ccc(C)cc1NC(=S)NC(=O)NCCCc1ccc(-c2ncn(-c3ccc(OC(F)(F)F)cc3)n2)cc1. The van der Waals surface area contributed by atoms with Crippen LogP contribution in [0.4, 0.5) is 23.7 Å². The molecular formula is C30H31F3N6O2S. The number of thiocarbonyl (C=S) groups is 1. The van der Waals surface area contributed by atoms with Crippen molar-refractivity contribution >= 4 is 29.0 Å². The summed E-state index contributed by atoms with van der Waals surface area (Å²) in [7, 11) is 0. The maximum atomic E-state index is 12.4. The molecule has 0 bridgehead atoms. The number of nitrogens with one attached hydrogen (secondary N) is 3. The molecule has 0 spiro atoms. The minimum absolute atomic E-state index is 0.245. The third-order valence-electron chi connectivity index (χ3n) is 6.23. The molecule has 0 fully saturated rings. The van der Waals surface area contributed by atoms with Crippen molar-refractivity contribution in [2.75, 3.05) is 11.9 Å². The van der Waals surface area contributed by atoms with Gasteiger partial charge in [0.25, 0.3) is 0 Å². The van der Waals surface area contributed by atoms with E-state index in [9.17, 15) is 18.0 Å². The minimum Gasteiger partial charge on any atom is -0.406 e. The number of aromatic nitrogens is 3. The third-order valence-corrected chi connectivity index (χ3v) is 6.43. The number of nitrogens with zero attached hydrogens (tertiary/aromatic N) is 3. The smallest absolute Gasteiger partial charge is 0.406 e. The number of anilines is 1. The molecule has 42 heavy (non-hydrogen) atoms. The summed E-state index contributed by atoms with van der Waals surface area (Å²) in [5.74, 6) is 0.171. The van der Waals surface area contributed by atoms with Gasteiger partial charge in [-0.15, -0.1) is 18.3 Å². The van der Waals surface area contributed by atoms with Crippen LogP contribution in [0, 0.1) is 6.92 Å². The maximum absolute atomic E-state index is 12.4. The predicted molar refractivity (Wildman–Crippen MR) is 160 cm³/mol. The lowest BCUT2D eigenvalue weighted by Crippen LogP contribution is -2.42. The summed E-state index contributed by atoms with van der Waals surface area (Å²) < 4.78 is 42.5.